The minimum Gasteiger partial charge on any atom is -0.316 e. The third-order valence-electron chi connectivity index (χ3n) is 2.64. The quantitative estimate of drug-likeness (QED) is 0.882. The Kier molecular flexibility index (Phi) is 3.94. The van der Waals surface area contributed by atoms with Crippen LogP contribution in [0.5, 0.6) is 0 Å². The number of aryl methyl sites for hydroxylation is 2. The lowest BCUT2D eigenvalue weighted by Crippen LogP contribution is -2.10. The molecule has 0 unspecified atom stereocenters. The van der Waals surface area contributed by atoms with E-state index in [2.05, 4.69) is 32.2 Å². The van der Waals surface area contributed by atoms with Gasteiger partial charge in [0.2, 0.25) is 0 Å². The Morgan fingerprint density at radius 3 is 2.33 bits per heavy atom. The predicted octanol–water partition coefficient (Wildman–Crippen LogP) is 1.52. The molecule has 0 atom stereocenters. The molecule has 1 N–H and O–H groups in total. The molecule has 0 aliphatic heterocycles. The molecule has 2 aromatic heterocycles. The fourth-order valence-electron chi connectivity index (χ4n) is 1.70. The summed E-state index contributed by atoms with van der Waals surface area (Å²) in [6.45, 7) is 4.82. The maximum Gasteiger partial charge on any atom is 0.197 e. The molecule has 5 heteroatoms. The maximum atomic E-state index is 4.53. The Balaban J connectivity index is 2.37. The average molecular weight is 243 g/mol. The van der Waals surface area contributed by atoms with Crippen LogP contribution >= 0.6 is 0 Å². The number of nitrogens with zero attached hydrogens (tertiary/aromatic N) is 4. The van der Waals surface area contributed by atoms with Crippen molar-refractivity contribution in [1.29, 1.82) is 0 Å². The number of aromatic nitrogens is 4. The lowest BCUT2D eigenvalue weighted by molar-refractivity contribution is 0.785. The van der Waals surface area contributed by atoms with Crippen LogP contribution in [0.2, 0.25) is 0 Å². The topological polar surface area (TPSA) is 63.6 Å². The molecular weight excluding hydrogens is 226 g/mol. The molecule has 0 fully saturated rings. The summed E-state index contributed by atoms with van der Waals surface area (Å²) in [4.78, 5) is 17.4. The van der Waals surface area contributed by atoms with Gasteiger partial charge in [0.05, 0.1) is 0 Å². The molecule has 0 saturated heterocycles. The van der Waals surface area contributed by atoms with Gasteiger partial charge in [-0.2, -0.15) is 0 Å². The molecule has 18 heavy (non-hydrogen) atoms. The highest BCUT2D eigenvalue weighted by atomic mass is 15.0. The van der Waals surface area contributed by atoms with Gasteiger partial charge in [0.1, 0.15) is 0 Å². The fraction of sp³-hybridized carbons (Fsp3) is 0.385. The van der Waals surface area contributed by atoms with Crippen molar-refractivity contribution in [3.05, 3.63) is 35.4 Å². The summed E-state index contributed by atoms with van der Waals surface area (Å²) in [5.74, 6) is 1.16. The van der Waals surface area contributed by atoms with Gasteiger partial charge in [0.25, 0.3) is 0 Å². The molecule has 0 radical (unpaired) electrons. The van der Waals surface area contributed by atoms with Crippen molar-refractivity contribution in [2.75, 3.05) is 7.05 Å². The zero-order valence-corrected chi connectivity index (χ0v) is 10.9. The minimum atomic E-state index is 0.575. The van der Waals surface area contributed by atoms with Crippen molar-refractivity contribution in [1.82, 2.24) is 25.3 Å². The lowest BCUT2D eigenvalue weighted by Gasteiger charge is -2.07. The van der Waals surface area contributed by atoms with Crippen LogP contribution in [0.1, 0.15) is 23.7 Å². The molecule has 0 aliphatic rings. The van der Waals surface area contributed by atoms with Crippen molar-refractivity contribution >= 4 is 0 Å². The minimum absolute atomic E-state index is 0.575. The number of hydrogen-bond donors (Lipinski definition) is 1. The number of nitrogens with one attached hydrogen (secondary N) is 1. The summed E-state index contributed by atoms with van der Waals surface area (Å²) in [7, 11) is 1.91. The highest BCUT2D eigenvalue weighted by Gasteiger charge is 2.08. The smallest absolute Gasteiger partial charge is 0.197 e. The standard InChI is InChI=1S/C13H17N5/c1-4-11-10(7-14-3)8-17-13(18-11)12-15-5-9(2)6-16-12/h5-6,8,14H,4,7H2,1-3H3. The van der Waals surface area contributed by atoms with Crippen LogP contribution in [0.15, 0.2) is 18.6 Å². The number of hydrogen-bond acceptors (Lipinski definition) is 5. The highest BCUT2D eigenvalue weighted by Crippen LogP contribution is 2.12. The summed E-state index contributed by atoms with van der Waals surface area (Å²) in [6.07, 6.45) is 6.27. The van der Waals surface area contributed by atoms with Crippen LogP contribution in [0.25, 0.3) is 11.6 Å². The van der Waals surface area contributed by atoms with Crippen LogP contribution in [0.3, 0.4) is 0 Å². The van der Waals surface area contributed by atoms with Gasteiger partial charge in [-0.15, -0.1) is 0 Å². The normalized spacial score (nSPS) is 10.6. The fourth-order valence-corrected chi connectivity index (χ4v) is 1.70. The molecule has 2 aromatic rings. The first-order valence-corrected chi connectivity index (χ1v) is 6.03. The maximum absolute atomic E-state index is 4.53. The van der Waals surface area contributed by atoms with Gasteiger partial charge in [-0.1, -0.05) is 6.92 Å². The van der Waals surface area contributed by atoms with Gasteiger partial charge in [0, 0.05) is 36.4 Å². The van der Waals surface area contributed by atoms with Crippen molar-refractivity contribution < 1.29 is 0 Å². The second kappa shape index (κ2) is 5.64. The first kappa shape index (κ1) is 12.6. The average Bonchev–Trinajstić information content (AvgIpc) is 2.40. The molecule has 94 valence electrons. The van der Waals surface area contributed by atoms with Crippen molar-refractivity contribution in [2.24, 2.45) is 0 Å². The second-order valence-corrected chi connectivity index (χ2v) is 4.13. The Morgan fingerprint density at radius 1 is 1.06 bits per heavy atom. The van der Waals surface area contributed by atoms with Gasteiger partial charge < -0.3 is 5.32 Å². The van der Waals surface area contributed by atoms with Gasteiger partial charge in [-0.25, -0.2) is 19.9 Å². The van der Waals surface area contributed by atoms with E-state index in [0.29, 0.717) is 11.6 Å². The largest absolute Gasteiger partial charge is 0.316 e. The second-order valence-electron chi connectivity index (χ2n) is 4.13. The Morgan fingerprint density at radius 2 is 1.72 bits per heavy atom. The van der Waals surface area contributed by atoms with E-state index in [9.17, 15) is 0 Å². The molecule has 0 amide bonds. The van der Waals surface area contributed by atoms with E-state index in [4.69, 9.17) is 0 Å². The van der Waals surface area contributed by atoms with Gasteiger partial charge in [-0.05, 0) is 26.0 Å². The third-order valence-corrected chi connectivity index (χ3v) is 2.64. The van der Waals surface area contributed by atoms with E-state index in [1.807, 2.05) is 20.2 Å². The van der Waals surface area contributed by atoms with E-state index in [-0.39, 0.29) is 0 Å². The van der Waals surface area contributed by atoms with Crippen LogP contribution in [-0.2, 0) is 13.0 Å². The molecule has 5 nitrogen and oxygen atoms in total. The molecule has 0 spiro atoms. The summed E-state index contributed by atoms with van der Waals surface area (Å²) < 4.78 is 0. The third kappa shape index (κ3) is 2.68. The van der Waals surface area contributed by atoms with Crippen molar-refractivity contribution in [3.8, 4) is 11.6 Å². The molecule has 0 bridgehead atoms. The van der Waals surface area contributed by atoms with Crippen LogP contribution < -0.4 is 5.32 Å². The van der Waals surface area contributed by atoms with E-state index in [1.54, 1.807) is 12.4 Å². The molecule has 2 rings (SSSR count). The van der Waals surface area contributed by atoms with E-state index in [0.717, 1.165) is 29.8 Å². The monoisotopic (exact) mass is 243 g/mol. The molecule has 0 aromatic carbocycles. The van der Waals surface area contributed by atoms with Gasteiger partial charge in [0.15, 0.2) is 11.6 Å². The summed E-state index contributed by atoms with van der Waals surface area (Å²) in [5.41, 5.74) is 3.19. The highest BCUT2D eigenvalue weighted by molar-refractivity contribution is 5.43. The lowest BCUT2D eigenvalue weighted by atomic mass is 10.2. The van der Waals surface area contributed by atoms with E-state index >= 15 is 0 Å². The summed E-state index contributed by atoms with van der Waals surface area (Å²) in [6, 6.07) is 0. The predicted molar refractivity (Wildman–Crippen MR) is 69.9 cm³/mol. The van der Waals surface area contributed by atoms with Crippen LogP contribution in [0.4, 0.5) is 0 Å². The first-order chi connectivity index (χ1) is 8.74. The van der Waals surface area contributed by atoms with Crippen LogP contribution in [-0.4, -0.2) is 27.0 Å². The zero-order chi connectivity index (χ0) is 13.0. The van der Waals surface area contributed by atoms with E-state index in [1.165, 1.54) is 0 Å². The van der Waals surface area contributed by atoms with Gasteiger partial charge >= 0.3 is 0 Å². The Bertz CT molecular complexity index is 521. The summed E-state index contributed by atoms with van der Waals surface area (Å²) in [5, 5.41) is 3.11. The molecule has 0 aliphatic carbocycles. The van der Waals surface area contributed by atoms with Crippen molar-refractivity contribution in [2.45, 2.75) is 26.8 Å². The van der Waals surface area contributed by atoms with Crippen LogP contribution in [0, 0.1) is 6.92 Å². The van der Waals surface area contributed by atoms with Crippen molar-refractivity contribution in [3.63, 3.8) is 0 Å². The first-order valence-electron chi connectivity index (χ1n) is 6.03. The summed E-state index contributed by atoms with van der Waals surface area (Å²) >= 11 is 0. The SMILES string of the molecule is CCc1nc(-c2ncc(C)cn2)ncc1CNC. The zero-order valence-electron chi connectivity index (χ0n) is 10.9. The molecule has 0 saturated carbocycles. The molecule has 2 heterocycles. The van der Waals surface area contributed by atoms with E-state index < -0.39 is 0 Å². The van der Waals surface area contributed by atoms with Gasteiger partial charge in [-0.3, -0.25) is 0 Å². The molecular formula is C13H17N5. The Labute approximate surface area is 107 Å². The number of rotatable bonds is 4. The Hall–Kier alpha value is -1.88.